The van der Waals surface area contributed by atoms with Crippen LogP contribution in [0.15, 0.2) is 46.1 Å². The molecule has 1 aromatic heterocycles. The lowest BCUT2D eigenvalue weighted by atomic mass is 9.99. The topological polar surface area (TPSA) is 59.9 Å². The number of hydrogen-bond donors (Lipinski definition) is 3. The molecule has 0 aliphatic carbocycles. The minimum Gasteiger partial charge on any atom is -0.384 e. The van der Waals surface area contributed by atoms with E-state index in [4.69, 9.17) is 0 Å². The molecule has 0 saturated carbocycles. The molecule has 2 rings (SSSR count). The van der Waals surface area contributed by atoms with Crippen LogP contribution in [0.4, 0.5) is 5.69 Å². The standard InChI is InChI=1S/C19H28N4OS/c1-5-20-18(22-14-19(2,24)16-9-10-25-13-16)21-12-15-7-6-8-17(11-15)23(3)4/h6-11,13,24H,5,12,14H2,1-4H3,(H2,20,21,22). The summed E-state index contributed by atoms with van der Waals surface area (Å²) >= 11 is 1.58. The van der Waals surface area contributed by atoms with Crippen molar-refractivity contribution >= 4 is 23.0 Å². The summed E-state index contributed by atoms with van der Waals surface area (Å²) in [6, 6.07) is 10.3. The first-order chi connectivity index (χ1) is 11.9. The van der Waals surface area contributed by atoms with Gasteiger partial charge in [-0.15, -0.1) is 0 Å². The van der Waals surface area contributed by atoms with Gasteiger partial charge in [0.15, 0.2) is 5.96 Å². The van der Waals surface area contributed by atoms with E-state index in [0.29, 0.717) is 19.0 Å². The summed E-state index contributed by atoms with van der Waals surface area (Å²) < 4.78 is 0. The van der Waals surface area contributed by atoms with Gasteiger partial charge in [-0.1, -0.05) is 12.1 Å². The average molecular weight is 361 g/mol. The highest BCUT2D eigenvalue weighted by Crippen LogP contribution is 2.22. The number of benzene rings is 1. The van der Waals surface area contributed by atoms with Crippen LogP contribution < -0.4 is 15.5 Å². The molecule has 1 heterocycles. The van der Waals surface area contributed by atoms with Gasteiger partial charge in [-0.25, -0.2) is 4.99 Å². The number of aliphatic imine (C=N–C) groups is 1. The van der Waals surface area contributed by atoms with Gasteiger partial charge in [0.25, 0.3) is 0 Å². The molecule has 136 valence electrons. The zero-order valence-corrected chi connectivity index (χ0v) is 16.2. The van der Waals surface area contributed by atoms with E-state index in [9.17, 15) is 5.11 Å². The van der Waals surface area contributed by atoms with Gasteiger partial charge >= 0.3 is 0 Å². The number of anilines is 1. The quantitative estimate of drug-likeness (QED) is 0.525. The van der Waals surface area contributed by atoms with Crippen molar-refractivity contribution in [1.82, 2.24) is 10.6 Å². The van der Waals surface area contributed by atoms with Crippen LogP contribution in [-0.4, -0.2) is 38.3 Å². The Balaban J connectivity index is 2.02. The molecule has 3 N–H and O–H groups in total. The van der Waals surface area contributed by atoms with Crippen molar-refractivity contribution in [1.29, 1.82) is 0 Å². The van der Waals surface area contributed by atoms with Gasteiger partial charge in [-0.3, -0.25) is 0 Å². The van der Waals surface area contributed by atoms with Crippen molar-refractivity contribution in [3.05, 3.63) is 52.2 Å². The van der Waals surface area contributed by atoms with Gasteiger partial charge in [0.2, 0.25) is 0 Å². The molecule has 1 atom stereocenters. The maximum absolute atomic E-state index is 10.6. The Hall–Kier alpha value is -2.05. The molecule has 0 fully saturated rings. The van der Waals surface area contributed by atoms with Crippen LogP contribution in [0.3, 0.4) is 0 Å². The molecule has 0 aliphatic heterocycles. The fourth-order valence-electron chi connectivity index (χ4n) is 2.37. The highest BCUT2D eigenvalue weighted by molar-refractivity contribution is 7.08. The Morgan fingerprint density at radius 1 is 1.28 bits per heavy atom. The van der Waals surface area contributed by atoms with Crippen molar-refractivity contribution < 1.29 is 5.11 Å². The van der Waals surface area contributed by atoms with E-state index in [1.54, 1.807) is 11.3 Å². The smallest absolute Gasteiger partial charge is 0.191 e. The number of nitrogens with one attached hydrogen (secondary N) is 2. The molecule has 0 spiro atoms. The number of hydrogen-bond acceptors (Lipinski definition) is 4. The maximum Gasteiger partial charge on any atom is 0.191 e. The predicted molar refractivity (Wildman–Crippen MR) is 107 cm³/mol. The highest BCUT2D eigenvalue weighted by Gasteiger charge is 2.23. The molecule has 1 unspecified atom stereocenters. The van der Waals surface area contributed by atoms with Crippen LogP contribution in [0, 0.1) is 0 Å². The van der Waals surface area contributed by atoms with E-state index in [1.807, 2.05) is 50.8 Å². The average Bonchev–Trinajstić information content (AvgIpc) is 3.13. The third-order valence-corrected chi connectivity index (χ3v) is 4.62. The molecule has 0 amide bonds. The molecule has 25 heavy (non-hydrogen) atoms. The third-order valence-electron chi connectivity index (χ3n) is 3.93. The Bertz CT molecular complexity index is 680. The minimum absolute atomic E-state index is 0.396. The summed E-state index contributed by atoms with van der Waals surface area (Å²) in [5.41, 5.74) is 2.29. The van der Waals surface area contributed by atoms with Gasteiger partial charge in [0, 0.05) is 26.3 Å². The molecule has 0 bridgehead atoms. The summed E-state index contributed by atoms with van der Waals surface area (Å²) in [6.45, 7) is 5.59. The molecule has 0 aliphatic rings. The van der Waals surface area contributed by atoms with E-state index >= 15 is 0 Å². The van der Waals surface area contributed by atoms with Crippen molar-refractivity contribution in [3.63, 3.8) is 0 Å². The highest BCUT2D eigenvalue weighted by atomic mass is 32.1. The first-order valence-electron chi connectivity index (χ1n) is 8.46. The Labute approximate surface area is 154 Å². The molecule has 0 radical (unpaired) electrons. The second-order valence-corrected chi connectivity index (χ2v) is 7.18. The molecule has 2 aromatic rings. The van der Waals surface area contributed by atoms with Gasteiger partial charge in [0.05, 0.1) is 13.1 Å². The van der Waals surface area contributed by atoms with E-state index < -0.39 is 5.60 Å². The lowest BCUT2D eigenvalue weighted by Crippen LogP contribution is -2.44. The molecule has 1 aromatic carbocycles. The fourth-order valence-corrected chi connectivity index (χ4v) is 3.16. The zero-order chi connectivity index (χ0) is 18.3. The van der Waals surface area contributed by atoms with Gasteiger partial charge in [0.1, 0.15) is 5.60 Å². The number of aliphatic hydroxyl groups is 1. The van der Waals surface area contributed by atoms with Gasteiger partial charge in [-0.05, 0) is 53.9 Å². The molecule has 0 saturated heterocycles. The molecule has 5 nitrogen and oxygen atoms in total. The van der Waals surface area contributed by atoms with Crippen molar-refractivity contribution in [2.24, 2.45) is 4.99 Å². The second-order valence-electron chi connectivity index (χ2n) is 6.40. The summed E-state index contributed by atoms with van der Waals surface area (Å²) in [5, 5.41) is 21.0. The van der Waals surface area contributed by atoms with Crippen LogP contribution in [0.2, 0.25) is 0 Å². The van der Waals surface area contributed by atoms with Gasteiger partial charge in [-0.2, -0.15) is 11.3 Å². The van der Waals surface area contributed by atoms with Crippen molar-refractivity contribution in [2.75, 3.05) is 32.1 Å². The van der Waals surface area contributed by atoms with E-state index in [0.717, 1.165) is 23.4 Å². The Morgan fingerprint density at radius 3 is 2.72 bits per heavy atom. The number of rotatable bonds is 7. The van der Waals surface area contributed by atoms with E-state index in [-0.39, 0.29) is 0 Å². The normalized spacial score (nSPS) is 14.0. The van der Waals surface area contributed by atoms with Crippen LogP contribution in [-0.2, 0) is 12.1 Å². The lowest BCUT2D eigenvalue weighted by Gasteiger charge is -2.24. The van der Waals surface area contributed by atoms with Gasteiger partial charge < -0.3 is 20.6 Å². The fraction of sp³-hybridized carbons (Fsp3) is 0.421. The molecule has 6 heteroatoms. The number of nitrogens with zero attached hydrogens (tertiary/aromatic N) is 2. The van der Waals surface area contributed by atoms with E-state index in [2.05, 4.69) is 38.7 Å². The number of guanidine groups is 1. The molecular weight excluding hydrogens is 332 g/mol. The summed E-state index contributed by atoms with van der Waals surface area (Å²) in [7, 11) is 4.06. The predicted octanol–water partition coefficient (Wildman–Crippen LogP) is 2.78. The zero-order valence-electron chi connectivity index (χ0n) is 15.4. The Kier molecular flexibility index (Phi) is 6.84. The number of thiophene rings is 1. The molecular formula is C19H28N4OS. The largest absolute Gasteiger partial charge is 0.384 e. The first-order valence-corrected chi connectivity index (χ1v) is 9.40. The van der Waals surface area contributed by atoms with Crippen LogP contribution in [0.5, 0.6) is 0 Å². The van der Waals surface area contributed by atoms with Crippen LogP contribution >= 0.6 is 11.3 Å². The summed E-state index contributed by atoms with van der Waals surface area (Å²) in [4.78, 5) is 6.71. The third kappa shape index (κ3) is 5.76. The van der Waals surface area contributed by atoms with Crippen molar-refractivity contribution in [3.8, 4) is 0 Å². The van der Waals surface area contributed by atoms with Crippen molar-refractivity contribution in [2.45, 2.75) is 26.0 Å². The first kappa shape index (κ1) is 19.3. The van der Waals surface area contributed by atoms with Crippen LogP contribution in [0.25, 0.3) is 0 Å². The van der Waals surface area contributed by atoms with E-state index in [1.165, 1.54) is 0 Å². The van der Waals surface area contributed by atoms with Crippen LogP contribution in [0.1, 0.15) is 25.0 Å². The minimum atomic E-state index is -0.930. The maximum atomic E-state index is 10.6. The summed E-state index contributed by atoms with van der Waals surface area (Å²) in [6.07, 6.45) is 0. The Morgan fingerprint density at radius 2 is 2.08 bits per heavy atom. The lowest BCUT2D eigenvalue weighted by molar-refractivity contribution is 0.0621. The monoisotopic (exact) mass is 360 g/mol. The summed E-state index contributed by atoms with van der Waals surface area (Å²) in [5.74, 6) is 0.702. The second kappa shape index (κ2) is 8.87. The SMILES string of the molecule is CCNC(=NCc1cccc(N(C)C)c1)NCC(C)(O)c1ccsc1.